The minimum Gasteiger partial charge on any atom is -0.493 e. The number of rotatable bonds is 8. The number of piperidine rings is 1. The zero-order valence-electron chi connectivity index (χ0n) is 20.0. The molecule has 0 bridgehead atoms. The van der Waals surface area contributed by atoms with Crippen LogP contribution in [0.25, 0.3) is 0 Å². The molecule has 184 valence electrons. The van der Waals surface area contributed by atoms with Crippen molar-refractivity contribution in [1.29, 1.82) is 0 Å². The molecule has 8 heteroatoms. The van der Waals surface area contributed by atoms with Gasteiger partial charge in [-0.25, -0.2) is 0 Å². The van der Waals surface area contributed by atoms with E-state index >= 15 is 0 Å². The van der Waals surface area contributed by atoms with Crippen LogP contribution in [0.15, 0.2) is 60.8 Å². The Morgan fingerprint density at radius 2 is 1.80 bits per heavy atom. The van der Waals surface area contributed by atoms with Gasteiger partial charge in [0.15, 0.2) is 11.5 Å². The third-order valence-corrected chi connectivity index (χ3v) is 6.67. The lowest BCUT2D eigenvalue weighted by Crippen LogP contribution is -2.43. The van der Waals surface area contributed by atoms with Crippen LogP contribution in [-0.2, 0) is 18.7 Å². The van der Waals surface area contributed by atoms with E-state index in [1.165, 1.54) is 0 Å². The van der Waals surface area contributed by atoms with E-state index < -0.39 is 5.60 Å². The van der Waals surface area contributed by atoms with Crippen molar-refractivity contribution in [3.05, 3.63) is 88.2 Å². The number of carbonyl (C=O) groups is 1. The van der Waals surface area contributed by atoms with Crippen LogP contribution in [0.4, 0.5) is 0 Å². The number of pyridine rings is 1. The first-order valence-electron chi connectivity index (χ1n) is 11.6. The molecule has 1 aliphatic rings. The van der Waals surface area contributed by atoms with Crippen molar-refractivity contribution in [2.75, 3.05) is 27.3 Å². The Kier molecular flexibility index (Phi) is 7.90. The Morgan fingerprint density at radius 3 is 2.49 bits per heavy atom. The van der Waals surface area contributed by atoms with Gasteiger partial charge in [-0.3, -0.25) is 14.7 Å². The molecule has 1 amide bonds. The predicted octanol–water partition coefficient (Wildman–Crippen LogP) is 4.17. The predicted molar refractivity (Wildman–Crippen MR) is 135 cm³/mol. The van der Waals surface area contributed by atoms with Crippen LogP contribution in [-0.4, -0.2) is 48.2 Å². The number of benzene rings is 2. The van der Waals surface area contributed by atoms with Gasteiger partial charge in [-0.1, -0.05) is 23.7 Å². The first kappa shape index (κ1) is 25.0. The molecular formula is C27H30ClN3O4. The zero-order chi connectivity index (χ0) is 24.8. The van der Waals surface area contributed by atoms with Crippen LogP contribution < -0.4 is 14.8 Å². The lowest BCUT2D eigenvalue weighted by atomic mass is 9.85. The van der Waals surface area contributed by atoms with Gasteiger partial charge in [-0.15, -0.1) is 0 Å². The van der Waals surface area contributed by atoms with Crippen molar-refractivity contribution in [2.45, 2.75) is 31.5 Å². The van der Waals surface area contributed by atoms with Gasteiger partial charge in [0.2, 0.25) is 0 Å². The summed E-state index contributed by atoms with van der Waals surface area (Å²) < 4.78 is 10.7. The highest BCUT2D eigenvalue weighted by Gasteiger charge is 2.37. The average Bonchev–Trinajstić information content (AvgIpc) is 2.89. The van der Waals surface area contributed by atoms with Gasteiger partial charge < -0.3 is 19.9 Å². The summed E-state index contributed by atoms with van der Waals surface area (Å²) in [6.07, 6.45) is 2.79. The average molecular weight is 496 g/mol. The number of hydrogen-bond acceptors (Lipinski definition) is 6. The Balaban J connectivity index is 1.39. The van der Waals surface area contributed by atoms with Crippen LogP contribution >= 0.6 is 11.6 Å². The molecule has 3 aromatic rings. The van der Waals surface area contributed by atoms with Crippen molar-refractivity contribution in [2.24, 2.45) is 0 Å². The van der Waals surface area contributed by atoms with Crippen LogP contribution in [0, 0.1) is 0 Å². The van der Waals surface area contributed by atoms with Crippen LogP contribution in [0.1, 0.15) is 40.0 Å². The maximum Gasteiger partial charge on any atom is 0.251 e. The number of likely N-dealkylation sites (tertiary alicyclic amines) is 1. The molecule has 1 fully saturated rings. The largest absolute Gasteiger partial charge is 0.493 e. The molecule has 0 atom stereocenters. The van der Waals surface area contributed by atoms with Gasteiger partial charge in [0, 0.05) is 43.0 Å². The molecule has 0 aliphatic carbocycles. The quantitative estimate of drug-likeness (QED) is 0.488. The Morgan fingerprint density at radius 1 is 1.09 bits per heavy atom. The molecule has 2 N–H and O–H groups in total. The van der Waals surface area contributed by atoms with Crippen molar-refractivity contribution in [1.82, 2.24) is 15.2 Å². The minimum atomic E-state index is -1.05. The number of hydrogen-bond donors (Lipinski definition) is 2. The molecule has 1 aromatic heterocycles. The number of carbonyl (C=O) groups excluding carboxylic acids is 1. The Hall–Kier alpha value is -3.13. The van der Waals surface area contributed by atoms with Crippen molar-refractivity contribution in [3.63, 3.8) is 0 Å². The molecule has 1 saturated heterocycles. The summed E-state index contributed by atoms with van der Waals surface area (Å²) in [5.74, 6) is 1.21. The molecule has 2 heterocycles. The second-order valence-electron chi connectivity index (χ2n) is 8.70. The number of amides is 1. The molecule has 1 aliphatic heterocycles. The van der Waals surface area contributed by atoms with Gasteiger partial charge >= 0.3 is 0 Å². The SMILES string of the molecule is COc1ccc(CN2CCC(O)(c3ncccc3CNC(=O)c3ccc(Cl)cc3)CC2)cc1OC. The zero-order valence-corrected chi connectivity index (χ0v) is 20.7. The first-order chi connectivity index (χ1) is 16.9. The number of ether oxygens (including phenoxy) is 2. The second kappa shape index (κ2) is 11.1. The van der Waals surface area contributed by atoms with Gasteiger partial charge in [0.1, 0.15) is 5.60 Å². The maximum absolute atomic E-state index is 12.5. The summed E-state index contributed by atoms with van der Waals surface area (Å²) >= 11 is 5.91. The van der Waals surface area contributed by atoms with Crippen LogP contribution in [0.2, 0.25) is 5.02 Å². The minimum absolute atomic E-state index is 0.201. The van der Waals surface area contributed by atoms with E-state index in [-0.39, 0.29) is 12.5 Å². The highest BCUT2D eigenvalue weighted by molar-refractivity contribution is 6.30. The van der Waals surface area contributed by atoms with E-state index in [9.17, 15) is 9.90 Å². The molecule has 0 spiro atoms. The molecule has 0 unspecified atom stereocenters. The maximum atomic E-state index is 12.5. The summed E-state index contributed by atoms with van der Waals surface area (Å²) in [4.78, 5) is 19.4. The number of halogens is 1. The summed E-state index contributed by atoms with van der Waals surface area (Å²) in [5, 5.41) is 15.0. The topological polar surface area (TPSA) is 83.9 Å². The van der Waals surface area contributed by atoms with E-state index in [1.54, 1.807) is 44.7 Å². The number of nitrogens with zero attached hydrogens (tertiary/aromatic N) is 2. The standard InChI is InChI=1S/C27H30ClN3O4/c1-34-23-10-5-19(16-24(23)35-2)18-31-14-11-27(33,12-15-31)25-21(4-3-13-29-25)17-30-26(32)20-6-8-22(28)9-7-20/h3-10,13,16,33H,11-12,14-15,17-18H2,1-2H3,(H,30,32). The normalized spacial score (nSPS) is 15.4. The fraction of sp³-hybridized carbons (Fsp3) is 0.333. The Bertz CT molecular complexity index is 1160. The monoisotopic (exact) mass is 495 g/mol. The summed E-state index contributed by atoms with van der Waals surface area (Å²) in [7, 11) is 3.25. The second-order valence-corrected chi connectivity index (χ2v) is 9.13. The van der Waals surface area contributed by atoms with E-state index in [0.29, 0.717) is 40.6 Å². The van der Waals surface area contributed by atoms with Crippen LogP contribution in [0.5, 0.6) is 11.5 Å². The fourth-order valence-corrected chi connectivity index (χ4v) is 4.56. The smallest absolute Gasteiger partial charge is 0.251 e. The van der Waals surface area contributed by atoms with Crippen molar-refractivity contribution in [3.8, 4) is 11.5 Å². The molecule has 4 rings (SSSR count). The molecule has 2 aromatic carbocycles. The molecule has 0 saturated carbocycles. The highest BCUT2D eigenvalue weighted by Crippen LogP contribution is 2.35. The highest BCUT2D eigenvalue weighted by atomic mass is 35.5. The van der Waals surface area contributed by atoms with E-state index in [2.05, 4.69) is 15.2 Å². The lowest BCUT2D eigenvalue weighted by Gasteiger charge is -2.38. The third-order valence-electron chi connectivity index (χ3n) is 6.42. The number of aromatic nitrogens is 1. The lowest BCUT2D eigenvalue weighted by molar-refractivity contribution is -0.0318. The van der Waals surface area contributed by atoms with Gasteiger partial charge in [-0.2, -0.15) is 0 Å². The molecule has 0 radical (unpaired) electrons. The van der Waals surface area contributed by atoms with Gasteiger partial charge in [0.05, 0.1) is 19.9 Å². The molecular weight excluding hydrogens is 466 g/mol. The van der Waals surface area contributed by atoms with E-state index in [4.69, 9.17) is 21.1 Å². The van der Waals surface area contributed by atoms with E-state index in [0.717, 1.165) is 30.8 Å². The van der Waals surface area contributed by atoms with Crippen molar-refractivity contribution < 1.29 is 19.4 Å². The third kappa shape index (κ3) is 5.93. The summed E-state index contributed by atoms with van der Waals surface area (Å²) in [6.45, 7) is 2.47. The number of methoxy groups -OCH3 is 2. The Labute approximate surface area is 210 Å². The molecule has 35 heavy (non-hydrogen) atoms. The van der Waals surface area contributed by atoms with Crippen LogP contribution in [0.3, 0.4) is 0 Å². The fourth-order valence-electron chi connectivity index (χ4n) is 4.43. The number of aliphatic hydroxyl groups is 1. The van der Waals surface area contributed by atoms with Gasteiger partial charge in [0.25, 0.3) is 5.91 Å². The summed E-state index contributed by atoms with van der Waals surface area (Å²) in [6, 6.07) is 16.4. The first-order valence-corrected chi connectivity index (χ1v) is 11.9. The van der Waals surface area contributed by atoms with E-state index in [1.807, 2.05) is 30.3 Å². The summed E-state index contributed by atoms with van der Waals surface area (Å²) in [5.41, 5.74) is 2.04. The van der Waals surface area contributed by atoms with Crippen molar-refractivity contribution >= 4 is 17.5 Å². The molecule has 7 nitrogen and oxygen atoms in total. The number of nitrogens with one attached hydrogen (secondary N) is 1. The van der Waals surface area contributed by atoms with Gasteiger partial charge in [-0.05, 0) is 66.4 Å².